The fourth-order valence-corrected chi connectivity index (χ4v) is 3.29. The summed E-state index contributed by atoms with van der Waals surface area (Å²) >= 11 is 0. The third kappa shape index (κ3) is 5.38. The van der Waals surface area contributed by atoms with Crippen LogP contribution < -0.4 is 15.1 Å². The summed E-state index contributed by atoms with van der Waals surface area (Å²) in [5.41, 5.74) is 1.74. The number of alkyl carbamates (subject to hydrolysis) is 1. The van der Waals surface area contributed by atoms with Crippen LogP contribution in [0.15, 0.2) is 48.7 Å². The zero-order chi connectivity index (χ0) is 20.1. The van der Waals surface area contributed by atoms with Crippen molar-refractivity contribution in [2.45, 2.75) is 39.3 Å². The van der Waals surface area contributed by atoms with Crippen LogP contribution in [-0.4, -0.2) is 42.9 Å². The topological polar surface area (TPSA) is 57.7 Å². The van der Waals surface area contributed by atoms with Gasteiger partial charge in [-0.1, -0.05) is 18.2 Å². The van der Waals surface area contributed by atoms with Gasteiger partial charge in [0, 0.05) is 38.1 Å². The number of nitrogens with one attached hydrogen (secondary N) is 1. The maximum absolute atomic E-state index is 12.0. The number of nitrogens with zero attached hydrogens (tertiary/aromatic N) is 3. The molecule has 1 unspecified atom stereocenters. The quantitative estimate of drug-likeness (QED) is 0.866. The summed E-state index contributed by atoms with van der Waals surface area (Å²) in [6, 6.07) is 14.3. The van der Waals surface area contributed by atoms with E-state index in [2.05, 4.69) is 38.3 Å². The smallest absolute Gasteiger partial charge is 0.408 e. The van der Waals surface area contributed by atoms with Crippen LogP contribution in [0.2, 0.25) is 0 Å². The van der Waals surface area contributed by atoms with Gasteiger partial charge in [-0.15, -0.1) is 0 Å². The van der Waals surface area contributed by atoms with Crippen molar-refractivity contribution >= 4 is 17.6 Å². The van der Waals surface area contributed by atoms with E-state index in [1.807, 2.05) is 58.2 Å². The minimum atomic E-state index is -0.501. The Labute approximate surface area is 167 Å². The van der Waals surface area contributed by atoms with Crippen molar-refractivity contribution in [3.05, 3.63) is 54.2 Å². The molecule has 1 fully saturated rings. The molecule has 0 spiro atoms. The number of piperazine rings is 1. The molecular formula is C22H30N4O2. The second kappa shape index (κ2) is 8.50. The van der Waals surface area contributed by atoms with Gasteiger partial charge < -0.3 is 19.9 Å². The van der Waals surface area contributed by atoms with Crippen LogP contribution in [0.4, 0.5) is 16.3 Å². The van der Waals surface area contributed by atoms with E-state index < -0.39 is 11.7 Å². The van der Waals surface area contributed by atoms with Crippen LogP contribution in [0, 0.1) is 0 Å². The Hall–Kier alpha value is -2.76. The number of hydrogen-bond donors (Lipinski definition) is 1. The number of rotatable bonds is 4. The fraction of sp³-hybridized carbons (Fsp3) is 0.455. The van der Waals surface area contributed by atoms with Gasteiger partial charge in [0.1, 0.15) is 11.4 Å². The summed E-state index contributed by atoms with van der Waals surface area (Å²) in [6.45, 7) is 11.3. The van der Waals surface area contributed by atoms with Gasteiger partial charge in [0.2, 0.25) is 0 Å². The highest BCUT2D eigenvalue weighted by atomic mass is 16.6. The van der Waals surface area contributed by atoms with E-state index in [0.29, 0.717) is 0 Å². The first-order valence-corrected chi connectivity index (χ1v) is 9.82. The molecule has 0 radical (unpaired) electrons. The lowest BCUT2D eigenvalue weighted by atomic mass is 10.1. The highest BCUT2D eigenvalue weighted by Crippen LogP contribution is 2.23. The van der Waals surface area contributed by atoms with Gasteiger partial charge in [0.15, 0.2) is 0 Å². The minimum Gasteiger partial charge on any atom is -0.444 e. The summed E-state index contributed by atoms with van der Waals surface area (Å²) in [6.07, 6.45) is 1.44. The molecular weight excluding hydrogens is 352 g/mol. The minimum absolute atomic E-state index is 0.121. The third-order valence-electron chi connectivity index (χ3n) is 4.72. The number of aromatic nitrogens is 1. The van der Waals surface area contributed by atoms with Crippen LogP contribution in [0.3, 0.4) is 0 Å². The zero-order valence-corrected chi connectivity index (χ0v) is 17.2. The molecule has 1 N–H and O–H groups in total. The number of ether oxygens (including phenoxy) is 1. The van der Waals surface area contributed by atoms with Crippen LogP contribution >= 0.6 is 0 Å². The first-order valence-electron chi connectivity index (χ1n) is 9.82. The average molecular weight is 383 g/mol. The highest BCUT2D eigenvalue weighted by Gasteiger charge is 2.20. The van der Waals surface area contributed by atoms with E-state index in [1.165, 1.54) is 5.69 Å². The molecule has 1 aliphatic rings. The maximum atomic E-state index is 12.0. The molecule has 2 aromatic rings. The van der Waals surface area contributed by atoms with E-state index in [4.69, 9.17) is 4.74 Å². The number of benzene rings is 1. The van der Waals surface area contributed by atoms with Gasteiger partial charge in [-0.25, -0.2) is 9.78 Å². The molecule has 1 aromatic carbocycles. The number of amides is 1. The van der Waals surface area contributed by atoms with Crippen molar-refractivity contribution in [2.75, 3.05) is 36.0 Å². The van der Waals surface area contributed by atoms with E-state index in [9.17, 15) is 4.79 Å². The molecule has 0 aliphatic carbocycles. The Bertz CT molecular complexity index is 781. The van der Waals surface area contributed by atoms with E-state index in [-0.39, 0.29) is 6.04 Å². The summed E-state index contributed by atoms with van der Waals surface area (Å²) in [4.78, 5) is 21.2. The standard InChI is InChI=1S/C22H30N4O2/c1-17(24-21(27)28-22(2,3)4)18-8-7-9-19(16-18)25-12-14-26(15-13-25)20-10-5-6-11-23-20/h5-11,16-17H,12-15H2,1-4H3,(H,24,27). The molecule has 1 aliphatic heterocycles. The summed E-state index contributed by atoms with van der Waals surface area (Å²) in [5.74, 6) is 1.03. The first-order chi connectivity index (χ1) is 13.3. The average Bonchev–Trinajstić information content (AvgIpc) is 2.67. The summed E-state index contributed by atoms with van der Waals surface area (Å²) in [7, 11) is 0. The monoisotopic (exact) mass is 382 g/mol. The molecule has 3 rings (SSSR count). The van der Waals surface area contributed by atoms with Gasteiger partial charge in [-0.2, -0.15) is 0 Å². The molecule has 0 saturated carbocycles. The van der Waals surface area contributed by atoms with Crippen LogP contribution in [-0.2, 0) is 4.74 Å². The Balaban J connectivity index is 1.60. The van der Waals surface area contributed by atoms with Crippen LogP contribution in [0.5, 0.6) is 0 Å². The normalized spacial score (nSPS) is 15.9. The molecule has 1 aromatic heterocycles. The van der Waals surface area contributed by atoms with Crippen LogP contribution in [0.25, 0.3) is 0 Å². The van der Waals surface area contributed by atoms with Crippen molar-refractivity contribution in [3.63, 3.8) is 0 Å². The number of hydrogen-bond acceptors (Lipinski definition) is 5. The molecule has 150 valence electrons. The van der Waals surface area contributed by atoms with E-state index in [1.54, 1.807) is 0 Å². The summed E-state index contributed by atoms with van der Waals surface area (Å²) < 4.78 is 5.36. The lowest BCUT2D eigenvalue weighted by Crippen LogP contribution is -2.46. The van der Waals surface area contributed by atoms with Crippen LogP contribution in [0.1, 0.15) is 39.3 Å². The van der Waals surface area contributed by atoms with Gasteiger partial charge in [0.25, 0.3) is 0 Å². The molecule has 6 heteroatoms. The number of carbonyl (C=O) groups excluding carboxylic acids is 1. The Morgan fingerprint density at radius 3 is 2.43 bits per heavy atom. The van der Waals surface area contributed by atoms with Gasteiger partial charge in [-0.05, 0) is 57.5 Å². The molecule has 1 atom stereocenters. The third-order valence-corrected chi connectivity index (χ3v) is 4.72. The molecule has 1 saturated heterocycles. The van der Waals surface area contributed by atoms with E-state index in [0.717, 1.165) is 37.6 Å². The number of anilines is 2. The second-order valence-electron chi connectivity index (χ2n) is 8.12. The number of pyridine rings is 1. The van der Waals surface area contributed by atoms with E-state index >= 15 is 0 Å². The van der Waals surface area contributed by atoms with Gasteiger partial charge >= 0.3 is 6.09 Å². The SMILES string of the molecule is CC(NC(=O)OC(C)(C)C)c1cccc(N2CCN(c3ccccn3)CC2)c1. The van der Waals surface area contributed by atoms with Crippen molar-refractivity contribution in [3.8, 4) is 0 Å². The fourth-order valence-electron chi connectivity index (χ4n) is 3.29. The molecule has 2 heterocycles. The summed E-state index contributed by atoms with van der Waals surface area (Å²) in [5, 5.41) is 2.92. The lowest BCUT2D eigenvalue weighted by Gasteiger charge is -2.37. The number of carbonyl (C=O) groups is 1. The highest BCUT2D eigenvalue weighted by molar-refractivity contribution is 5.68. The largest absolute Gasteiger partial charge is 0.444 e. The maximum Gasteiger partial charge on any atom is 0.408 e. The van der Waals surface area contributed by atoms with Gasteiger partial charge in [0.05, 0.1) is 6.04 Å². The zero-order valence-electron chi connectivity index (χ0n) is 17.2. The predicted octanol–water partition coefficient (Wildman–Crippen LogP) is 3.99. The second-order valence-corrected chi connectivity index (χ2v) is 8.12. The van der Waals surface area contributed by atoms with Crippen molar-refractivity contribution in [1.82, 2.24) is 10.3 Å². The lowest BCUT2D eigenvalue weighted by molar-refractivity contribution is 0.0508. The first kappa shape index (κ1) is 20.0. The van der Waals surface area contributed by atoms with Crippen molar-refractivity contribution < 1.29 is 9.53 Å². The Morgan fingerprint density at radius 1 is 1.07 bits per heavy atom. The van der Waals surface area contributed by atoms with Crippen molar-refractivity contribution in [1.29, 1.82) is 0 Å². The Kier molecular flexibility index (Phi) is 6.07. The molecule has 0 bridgehead atoms. The Morgan fingerprint density at radius 2 is 1.79 bits per heavy atom. The molecule has 1 amide bonds. The molecule has 28 heavy (non-hydrogen) atoms. The van der Waals surface area contributed by atoms with Crippen molar-refractivity contribution in [2.24, 2.45) is 0 Å². The molecule has 6 nitrogen and oxygen atoms in total. The predicted molar refractivity (Wildman–Crippen MR) is 113 cm³/mol. The van der Waals surface area contributed by atoms with Gasteiger partial charge in [-0.3, -0.25) is 0 Å².